The number of aliphatic hydroxyl groups is 6. The average molecular weight is 344 g/mol. The Morgan fingerprint density at radius 1 is 0.833 bits per heavy atom. The predicted molar refractivity (Wildman–Crippen MR) is 48.7 cm³/mol. The molecular formula is C6H14O10SZn. The second-order valence-corrected chi connectivity index (χ2v) is 3.71. The Kier molecular flexibility index (Phi) is 14.4. The number of hydrogen-bond donors (Lipinski definition) is 6. The predicted octanol–water partition coefficient (Wildman–Crippen LogP) is -4.93. The zero-order chi connectivity index (χ0) is 14.2. The van der Waals surface area contributed by atoms with Crippen LogP contribution >= 0.6 is 0 Å². The molecule has 0 aliphatic heterocycles. The zero-order valence-electron chi connectivity index (χ0n) is 9.16. The van der Waals surface area contributed by atoms with Crippen molar-refractivity contribution in [3.8, 4) is 0 Å². The Balaban J connectivity index is -0.000000321. The molecule has 0 aromatic carbocycles. The van der Waals surface area contributed by atoms with Gasteiger partial charge in [0.1, 0.15) is 24.4 Å². The molecule has 0 rings (SSSR count). The first kappa shape index (κ1) is 23.4. The maximum atomic E-state index is 8.96. The van der Waals surface area contributed by atoms with Crippen LogP contribution in [0.4, 0.5) is 0 Å². The van der Waals surface area contributed by atoms with E-state index in [1.165, 1.54) is 0 Å². The van der Waals surface area contributed by atoms with Crippen molar-refractivity contribution in [3.63, 3.8) is 0 Å². The van der Waals surface area contributed by atoms with Crippen LogP contribution in [0.25, 0.3) is 0 Å². The van der Waals surface area contributed by atoms with Gasteiger partial charge in [-0.25, -0.2) is 0 Å². The molecule has 0 spiro atoms. The van der Waals surface area contributed by atoms with Crippen LogP contribution in [-0.2, 0) is 29.9 Å². The summed E-state index contributed by atoms with van der Waals surface area (Å²) in [5.74, 6) is 0. The van der Waals surface area contributed by atoms with Crippen LogP contribution in [0.15, 0.2) is 0 Å². The summed E-state index contributed by atoms with van der Waals surface area (Å²) >= 11 is 0. The monoisotopic (exact) mass is 342 g/mol. The molecule has 0 heterocycles. The third-order valence-corrected chi connectivity index (χ3v) is 1.51. The van der Waals surface area contributed by atoms with Crippen molar-refractivity contribution in [2.45, 2.75) is 24.4 Å². The molecule has 0 saturated heterocycles. The molecule has 12 heteroatoms. The molecule has 0 amide bonds. The van der Waals surface area contributed by atoms with Gasteiger partial charge in [0, 0.05) is 10.4 Å². The van der Waals surface area contributed by atoms with E-state index in [2.05, 4.69) is 0 Å². The van der Waals surface area contributed by atoms with Gasteiger partial charge in [-0.15, -0.1) is 0 Å². The summed E-state index contributed by atoms with van der Waals surface area (Å²) in [5.41, 5.74) is 0. The largest absolute Gasteiger partial charge is 2.00 e. The van der Waals surface area contributed by atoms with Crippen molar-refractivity contribution in [2.24, 2.45) is 0 Å². The summed E-state index contributed by atoms with van der Waals surface area (Å²) in [7, 11) is -5.17. The second-order valence-electron chi connectivity index (χ2n) is 2.89. The molecule has 0 aliphatic rings. The third kappa shape index (κ3) is 14.3. The SMILES string of the molecule is O=S(=O)([O-])[O-].OC[C@@H](O)[C@@H](O)[C@H](O)[C@H](O)CO.[Zn+2]. The van der Waals surface area contributed by atoms with Crippen molar-refractivity contribution in [2.75, 3.05) is 13.2 Å². The molecule has 0 saturated carbocycles. The van der Waals surface area contributed by atoms with Crippen LogP contribution < -0.4 is 0 Å². The fourth-order valence-electron chi connectivity index (χ4n) is 0.671. The van der Waals surface area contributed by atoms with Gasteiger partial charge in [-0.2, -0.15) is 0 Å². The molecule has 10 nitrogen and oxygen atoms in total. The summed E-state index contributed by atoms with van der Waals surface area (Å²) in [6, 6.07) is 0. The minimum atomic E-state index is -5.17. The van der Waals surface area contributed by atoms with Crippen LogP contribution in [0.3, 0.4) is 0 Å². The Labute approximate surface area is 116 Å². The third-order valence-electron chi connectivity index (χ3n) is 1.51. The quantitative estimate of drug-likeness (QED) is 0.159. The van der Waals surface area contributed by atoms with E-state index in [1.54, 1.807) is 0 Å². The van der Waals surface area contributed by atoms with E-state index in [4.69, 9.17) is 48.2 Å². The van der Waals surface area contributed by atoms with Gasteiger partial charge < -0.3 is 39.7 Å². The van der Waals surface area contributed by atoms with E-state index in [0.717, 1.165) is 0 Å². The molecular weight excluding hydrogens is 330 g/mol. The van der Waals surface area contributed by atoms with Crippen molar-refractivity contribution in [3.05, 3.63) is 0 Å². The fraction of sp³-hybridized carbons (Fsp3) is 1.00. The van der Waals surface area contributed by atoms with Crippen molar-refractivity contribution in [1.82, 2.24) is 0 Å². The summed E-state index contributed by atoms with van der Waals surface area (Å²) in [6.07, 6.45) is -6.39. The Morgan fingerprint density at radius 2 is 1.00 bits per heavy atom. The molecule has 0 fully saturated rings. The normalized spacial score (nSPS) is 17.6. The van der Waals surface area contributed by atoms with E-state index in [1.807, 2.05) is 0 Å². The van der Waals surface area contributed by atoms with Crippen molar-refractivity contribution < 1.29 is 67.6 Å². The summed E-state index contributed by atoms with van der Waals surface area (Å²) in [6.45, 7) is -1.45. The second kappa shape index (κ2) is 11.1. The van der Waals surface area contributed by atoms with E-state index in [9.17, 15) is 0 Å². The van der Waals surface area contributed by atoms with Gasteiger partial charge >= 0.3 is 19.5 Å². The molecule has 0 unspecified atom stereocenters. The zero-order valence-corrected chi connectivity index (χ0v) is 12.9. The molecule has 0 aliphatic carbocycles. The van der Waals surface area contributed by atoms with Crippen LogP contribution in [0.2, 0.25) is 0 Å². The van der Waals surface area contributed by atoms with Gasteiger partial charge in [-0.1, -0.05) is 0 Å². The Morgan fingerprint density at radius 3 is 1.11 bits per heavy atom. The summed E-state index contributed by atoms with van der Waals surface area (Å²) < 4.78 is 34.1. The van der Waals surface area contributed by atoms with E-state index < -0.39 is 48.0 Å². The molecule has 0 aromatic rings. The van der Waals surface area contributed by atoms with Gasteiger partial charge in [0.15, 0.2) is 0 Å². The standard InChI is InChI=1S/C6H14O6.H2O4S.Zn/c7-1-3(9)5(11)6(12)4(10)2-8;1-5(2,3)4;/h3-12H,1-2H2;(H2,1,2,3,4);/q;;+2/p-2/t3-,4-,5-,6-;;/m1../s1. The number of hydrogen-bond acceptors (Lipinski definition) is 10. The topological polar surface area (TPSA) is 202 Å². The molecule has 4 atom stereocenters. The Hall–Kier alpha value is 0.253. The maximum Gasteiger partial charge on any atom is 2.00 e. The summed E-state index contributed by atoms with van der Waals surface area (Å²) in [5, 5.41) is 52.2. The van der Waals surface area contributed by atoms with Gasteiger partial charge in [-0.3, -0.25) is 8.42 Å². The average Bonchev–Trinajstić information content (AvgIpc) is 2.22. The van der Waals surface area contributed by atoms with E-state index in [0.29, 0.717) is 0 Å². The number of aliphatic hydroxyl groups excluding tert-OH is 6. The maximum absolute atomic E-state index is 8.96. The molecule has 0 radical (unpaired) electrons. The minimum absolute atomic E-state index is 0. The fourth-order valence-corrected chi connectivity index (χ4v) is 0.671. The van der Waals surface area contributed by atoms with Crippen LogP contribution in [0.5, 0.6) is 0 Å². The molecule has 106 valence electrons. The first-order valence-corrected chi connectivity index (χ1v) is 5.48. The van der Waals surface area contributed by atoms with Gasteiger partial charge in [0.2, 0.25) is 0 Å². The van der Waals surface area contributed by atoms with Crippen molar-refractivity contribution >= 4 is 10.4 Å². The van der Waals surface area contributed by atoms with Gasteiger partial charge in [-0.05, 0) is 0 Å². The van der Waals surface area contributed by atoms with Crippen LogP contribution in [0, 0.1) is 0 Å². The molecule has 0 bridgehead atoms. The first-order valence-electron chi connectivity index (χ1n) is 4.15. The molecule has 6 N–H and O–H groups in total. The van der Waals surface area contributed by atoms with E-state index >= 15 is 0 Å². The van der Waals surface area contributed by atoms with Crippen LogP contribution in [-0.4, -0.2) is 85.8 Å². The Bertz CT molecular complexity index is 260. The minimum Gasteiger partial charge on any atom is -0.759 e. The first-order chi connectivity index (χ1) is 7.54. The van der Waals surface area contributed by atoms with Crippen molar-refractivity contribution in [1.29, 1.82) is 0 Å². The van der Waals surface area contributed by atoms with Gasteiger partial charge in [0.05, 0.1) is 13.2 Å². The summed E-state index contributed by atoms with van der Waals surface area (Å²) in [4.78, 5) is 0. The van der Waals surface area contributed by atoms with Crippen LogP contribution in [0.1, 0.15) is 0 Å². The smallest absolute Gasteiger partial charge is 0.759 e. The van der Waals surface area contributed by atoms with Gasteiger partial charge in [0.25, 0.3) is 0 Å². The molecule has 18 heavy (non-hydrogen) atoms. The van der Waals surface area contributed by atoms with E-state index in [-0.39, 0.29) is 19.5 Å². The molecule has 0 aromatic heterocycles. The number of rotatable bonds is 5.